The minimum atomic E-state index is 0.946. The van der Waals surface area contributed by atoms with Crippen LogP contribution in [-0.4, -0.2) is 19.9 Å². The van der Waals surface area contributed by atoms with Crippen molar-refractivity contribution in [1.82, 2.24) is 19.9 Å². The predicted octanol–water partition coefficient (Wildman–Crippen LogP) is 8.74. The third kappa shape index (κ3) is 3.66. The van der Waals surface area contributed by atoms with Gasteiger partial charge in [0.1, 0.15) is 0 Å². The van der Waals surface area contributed by atoms with Gasteiger partial charge in [-0.25, -0.2) is 9.97 Å². The van der Waals surface area contributed by atoms with Crippen molar-refractivity contribution in [3.8, 4) is 0 Å². The van der Waals surface area contributed by atoms with E-state index in [1.165, 1.54) is 61.1 Å². The van der Waals surface area contributed by atoms with E-state index in [4.69, 9.17) is 9.97 Å². The highest BCUT2D eigenvalue weighted by Crippen LogP contribution is 2.38. The van der Waals surface area contributed by atoms with Gasteiger partial charge in [0.25, 0.3) is 0 Å². The van der Waals surface area contributed by atoms with Crippen LogP contribution in [0.2, 0.25) is 0 Å². The number of hydrogen-bond donors (Lipinski definition) is 2. The third-order valence-corrected chi connectivity index (χ3v) is 8.22. The lowest BCUT2D eigenvalue weighted by molar-refractivity contribution is 1.14. The molecule has 2 aliphatic heterocycles. The van der Waals surface area contributed by atoms with Gasteiger partial charge in [0.15, 0.2) is 0 Å². The Kier molecular flexibility index (Phi) is 6.23. The van der Waals surface area contributed by atoms with Crippen LogP contribution >= 0.6 is 0 Å². The van der Waals surface area contributed by atoms with Gasteiger partial charge in [-0.2, -0.15) is 0 Å². The molecule has 0 spiro atoms. The van der Waals surface area contributed by atoms with Gasteiger partial charge >= 0.3 is 0 Å². The van der Waals surface area contributed by atoms with E-state index >= 15 is 0 Å². The van der Waals surface area contributed by atoms with E-state index < -0.39 is 0 Å². The Balaban J connectivity index is 2.01. The fourth-order valence-corrected chi connectivity index (χ4v) is 6.10. The standard InChI is InChI=1S/C32H38N4/c1-9-21-17(5)27-15-29-23(11-3)19(7)31(35-29)32-20(8)24(12-4)30(36-32)16-28-18(6)22(10-2)26(34-28)14-13-25(21)33-27/h13-16,33,35H,9-12H2,1-8H3. The molecule has 0 saturated heterocycles. The Bertz CT molecular complexity index is 1600. The zero-order valence-corrected chi connectivity index (χ0v) is 23.0. The van der Waals surface area contributed by atoms with Crippen LogP contribution in [0.1, 0.15) is 99.4 Å². The summed E-state index contributed by atoms with van der Waals surface area (Å²) >= 11 is 0. The molecule has 186 valence electrons. The molecule has 0 atom stereocenters. The molecule has 0 aliphatic carbocycles. The van der Waals surface area contributed by atoms with Gasteiger partial charge in [0.2, 0.25) is 0 Å². The van der Waals surface area contributed by atoms with E-state index in [1.54, 1.807) is 0 Å². The first-order valence-electron chi connectivity index (χ1n) is 13.5. The average molecular weight is 479 g/mol. The lowest BCUT2D eigenvalue weighted by Gasteiger charge is -2.01. The third-order valence-electron chi connectivity index (χ3n) is 8.22. The van der Waals surface area contributed by atoms with Crippen LogP contribution in [0.25, 0.3) is 44.4 Å². The number of rotatable bonds is 4. The molecule has 5 heterocycles. The van der Waals surface area contributed by atoms with Crippen LogP contribution in [0.4, 0.5) is 0 Å². The van der Waals surface area contributed by atoms with E-state index in [0.717, 1.165) is 54.0 Å². The maximum Gasteiger partial charge on any atom is 0.0907 e. The second kappa shape index (κ2) is 9.24. The van der Waals surface area contributed by atoms with Gasteiger partial charge < -0.3 is 9.97 Å². The van der Waals surface area contributed by atoms with Crippen molar-refractivity contribution in [2.75, 3.05) is 0 Å². The Hall–Kier alpha value is -3.40. The Morgan fingerprint density at radius 3 is 1.92 bits per heavy atom. The van der Waals surface area contributed by atoms with Crippen LogP contribution in [-0.2, 0) is 12.8 Å². The van der Waals surface area contributed by atoms with Gasteiger partial charge in [-0.05, 0) is 122 Å². The SMILES string of the molecule is CCC1=C(C)c2cc3nc(c4[nH]c(cc5[nH]c(ccc1n2)c(CC)c5C)c(CC)c4C)C(C)=C3CC. The number of aromatic nitrogens is 4. The second-order valence-corrected chi connectivity index (χ2v) is 10.0. The van der Waals surface area contributed by atoms with Crippen LogP contribution in [0.3, 0.4) is 0 Å². The van der Waals surface area contributed by atoms with Crippen molar-refractivity contribution in [2.24, 2.45) is 0 Å². The van der Waals surface area contributed by atoms with Crippen molar-refractivity contribution in [3.05, 3.63) is 69.3 Å². The molecule has 2 aliphatic rings. The molecule has 4 heteroatoms. The number of aryl methyl sites for hydroxylation is 4. The van der Waals surface area contributed by atoms with E-state index in [0.29, 0.717) is 0 Å². The largest absolute Gasteiger partial charge is 0.355 e. The number of fused-ring (bicyclic) bond motifs is 9. The van der Waals surface area contributed by atoms with Crippen molar-refractivity contribution in [3.63, 3.8) is 0 Å². The van der Waals surface area contributed by atoms with E-state index in [9.17, 15) is 0 Å². The Morgan fingerprint density at radius 2 is 1.25 bits per heavy atom. The normalized spacial score (nSPS) is 13.8. The number of nitrogens with one attached hydrogen (secondary N) is 2. The number of nitrogens with zero attached hydrogens (tertiary/aromatic N) is 2. The molecular formula is C32H38N4. The molecule has 5 rings (SSSR count). The van der Waals surface area contributed by atoms with Crippen LogP contribution in [0.5, 0.6) is 0 Å². The summed E-state index contributed by atoms with van der Waals surface area (Å²) < 4.78 is 0. The fourth-order valence-electron chi connectivity index (χ4n) is 6.10. The van der Waals surface area contributed by atoms with Gasteiger partial charge in [-0.3, -0.25) is 0 Å². The minimum Gasteiger partial charge on any atom is -0.355 e. The van der Waals surface area contributed by atoms with Gasteiger partial charge in [0.05, 0.1) is 28.3 Å². The maximum absolute atomic E-state index is 5.21. The summed E-state index contributed by atoms with van der Waals surface area (Å²) in [5.41, 5.74) is 19.3. The summed E-state index contributed by atoms with van der Waals surface area (Å²) in [6.07, 6.45) is 3.86. The molecule has 0 saturated carbocycles. The highest BCUT2D eigenvalue weighted by Gasteiger charge is 2.22. The molecule has 3 aromatic heterocycles. The van der Waals surface area contributed by atoms with Gasteiger partial charge in [0, 0.05) is 16.6 Å². The topological polar surface area (TPSA) is 57.4 Å². The Labute approximate surface area is 214 Å². The maximum atomic E-state index is 5.21. The van der Waals surface area contributed by atoms with Crippen molar-refractivity contribution < 1.29 is 0 Å². The first-order chi connectivity index (χ1) is 17.3. The second-order valence-electron chi connectivity index (χ2n) is 10.0. The molecule has 2 N–H and O–H groups in total. The molecule has 0 fully saturated rings. The number of allylic oxidation sites excluding steroid dienone is 4. The zero-order valence-electron chi connectivity index (χ0n) is 23.0. The van der Waals surface area contributed by atoms with Crippen LogP contribution in [0, 0.1) is 13.8 Å². The molecule has 0 radical (unpaired) electrons. The lowest BCUT2D eigenvalue weighted by atomic mass is 10.0. The number of H-pyrrole nitrogens is 2. The minimum absolute atomic E-state index is 0.946. The zero-order chi connectivity index (χ0) is 25.7. The summed E-state index contributed by atoms with van der Waals surface area (Å²) in [7, 11) is 0. The summed E-state index contributed by atoms with van der Waals surface area (Å²) in [4.78, 5) is 17.8. The quantitative estimate of drug-likeness (QED) is 0.394. The van der Waals surface area contributed by atoms with E-state index in [-0.39, 0.29) is 0 Å². The van der Waals surface area contributed by atoms with Gasteiger partial charge in [-0.15, -0.1) is 0 Å². The lowest BCUT2D eigenvalue weighted by Crippen LogP contribution is -1.84. The molecule has 4 nitrogen and oxygen atoms in total. The van der Waals surface area contributed by atoms with Crippen LogP contribution < -0.4 is 0 Å². The van der Waals surface area contributed by atoms with Crippen molar-refractivity contribution in [2.45, 2.75) is 81.1 Å². The van der Waals surface area contributed by atoms with E-state index in [2.05, 4.69) is 89.6 Å². The summed E-state index contributed by atoms with van der Waals surface area (Å²) in [5.74, 6) is 0. The molecule has 0 amide bonds. The van der Waals surface area contributed by atoms with Crippen molar-refractivity contribution >= 4 is 44.4 Å². The predicted molar refractivity (Wildman–Crippen MR) is 155 cm³/mol. The summed E-state index contributed by atoms with van der Waals surface area (Å²) in [5, 5.41) is 0. The van der Waals surface area contributed by atoms with E-state index in [1.807, 2.05) is 0 Å². The molecule has 3 aromatic rings. The molecular weight excluding hydrogens is 440 g/mol. The highest BCUT2D eigenvalue weighted by molar-refractivity contribution is 5.98. The average Bonchev–Trinajstić information content (AvgIpc) is 3.54. The van der Waals surface area contributed by atoms with Crippen LogP contribution in [0.15, 0.2) is 24.3 Å². The first kappa shape index (κ1) is 24.3. The molecule has 8 bridgehead atoms. The first-order valence-corrected chi connectivity index (χ1v) is 13.5. The number of hydrogen-bond acceptors (Lipinski definition) is 2. The summed E-state index contributed by atoms with van der Waals surface area (Å²) in [6.45, 7) is 17.8. The van der Waals surface area contributed by atoms with Gasteiger partial charge in [-0.1, -0.05) is 27.7 Å². The molecule has 36 heavy (non-hydrogen) atoms. The number of aromatic amines is 2. The fraction of sp³-hybridized carbons (Fsp3) is 0.375. The smallest absolute Gasteiger partial charge is 0.0907 e. The summed E-state index contributed by atoms with van der Waals surface area (Å²) in [6, 6.07) is 8.90. The highest BCUT2D eigenvalue weighted by atomic mass is 14.8. The molecule has 0 unspecified atom stereocenters. The molecule has 0 aromatic carbocycles. The Morgan fingerprint density at radius 1 is 0.583 bits per heavy atom. The van der Waals surface area contributed by atoms with Crippen molar-refractivity contribution in [1.29, 1.82) is 0 Å². The monoisotopic (exact) mass is 478 g/mol.